The highest BCUT2D eigenvalue weighted by atomic mass is 15.2. The smallest absolute Gasteiger partial charge is 0.252 e. The highest BCUT2D eigenvalue weighted by Gasteiger charge is 2.44. The Kier molecular flexibility index (Phi) is 14.4. The lowest BCUT2D eigenvalue weighted by atomic mass is 9.33. The molecule has 506 valence electrons. The second-order valence-corrected chi connectivity index (χ2v) is 29.6. The molecule has 2 aliphatic heterocycles. The molecule has 0 amide bonds. The zero-order valence-corrected chi connectivity index (χ0v) is 59.6. The minimum atomic E-state index is -0.166. The number of nitrogens with zero attached hydrogens (tertiary/aromatic N) is 4. The number of benzene rings is 18. The van der Waals surface area contributed by atoms with Crippen molar-refractivity contribution in [3.8, 4) is 61.3 Å². The van der Waals surface area contributed by atoms with Crippen molar-refractivity contribution in [3.63, 3.8) is 0 Å². The van der Waals surface area contributed by atoms with Crippen LogP contribution in [0.25, 0.3) is 148 Å². The van der Waals surface area contributed by atoms with E-state index in [0.29, 0.717) is 19.6 Å². The van der Waals surface area contributed by atoms with Crippen LogP contribution in [0.2, 0.25) is 0 Å². The molecule has 0 bridgehead atoms. The zero-order chi connectivity index (χ0) is 70.9. The number of para-hydroxylation sites is 4. The SMILES string of the molecule is c1ccc(-c2cccc(-c3ccccc3)c2CCN2c3ccc(-c4cc5cccc6c7cccc8cccc(c(c4)c56)c87)cc3B3c4ccc(-n5c6ccccc6c6ccccc65)cc4N(CCc4c(-c5ccccc5)cccc4-c4ccccc4)c4cc(Cn5c6ccccc6c6ccccc65)cc2c43)cc1. The van der Waals surface area contributed by atoms with E-state index in [1.54, 1.807) is 0 Å². The van der Waals surface area contributed by atoms with Crippen LogP contribution in [0.4, 0.5) is 22.7 Å². The summed E-state index contributed by atoms with van der Waals surface area (Å²) in [5.41, 5.74) is 31.1. The molecule has 0 saturated carbocycles. The molecule has 18 aromatic carbocycles. The highest BCUT2D eigenvalue weighted by Crippen LogP contribution is 2.47. The fourth-order valence-corrected chi connectivity index (χ4v) is 19.2. The Morgan fingerprint density at radius 2 is 0.667 bits per heavy atom. The molecule has 0 N–H and O–H groups in total. The van der Waals surface area contributed by atoms with Crippen LogP contribution in [0, 0.1) is 0 Å². The first-order chi connectivity index (χ1) is 53.6. The van der Waals surface area contributed by atoms with Gasteiger partial charge in [0.05, 0.1) is 11.0 Å². The van der Waals surface area contributed by atoms with Gasteiger partial charge in [-0.25, -0.2) is 0 Å². The first kappa shape index (κ1) is 62.0. The first-order valence-electron chi connectivity index (χ1n) is 38.1. The zero-order valence-electron chi connectivity index (χ0n) is 59.6. The van der Waals surface area contributed by atoms with E-state index in [0.717, 1.165) is 18.5 Å². The van der Waals surface area contributed by atoms with Gasteiger partial charge in [-0.2, -0.15) is 0 Å². The maximum atomic E-state index is 2.77. The Morgan fingerprint density at radius 3 is 1.18 bits per heavy atom. The molecule has 0 atom stereocenters. The molecule has 2 aromatic heterocycles. The van der Waals surface area contributed by atoms with Crippen molar-refractivity contribution in [3.05, 3.63) is 387 Å². The first-order valence-corrected chi connectivity index (χ1v) is 38.1. The molecule has 4 nitrogen and oxygen atoms in total. The molecule has 20 aromatic rings. The molecule has 108 heavy (non-hydrogen) atoms. The Bertz CT molecular complexity index is 6750. The van der Waals surface area contributed by atoms with Crippen molar-refractivity contribution in [2.45, 2.75) is 19.4 Å². The predicted molar refractivity (Wildman–Crippen MR) is 460 cm³/mol. The number of anilines is 4. The molecular weight excluding hydrogens is 1300 g/mol. The molecule has 2 aliphatic rings. The molecule has 22 rings (SSSR count). The fraction of sp³-hybridized carbons (Fsp3) is 0.0485. The van der Waals surface area contributed by atoms with E-state index in [4.69, 9.17) is 0 Å². The van der Waals surface area contributed by atoms with Crippen LogP contribution in [-0.4, -0.2) is 28.9 Å². The summed E-state index contributed by atoms with van der Waals surface area (Å²) in [6, 6.07) is 140. The standard InChI is InChI=1S/C103H71BN4/c1-5-26-68(27-6-1)77-41-24-42-78(69-28-7-2-8-29-69)81(77)56-58-105-97-55-52-73(75-62-74-36-23-46-88-87-45-21-34-72-35-22-47-89(101(72)87)90(63-75)102(74)88)64-92(97)104-91-54-53-76(108-95-50-19-15-39-85(95)86-40-16-20-51-96(86)108)65-98(91)106(59-57-82-79(70-30-9-3-10-31-70)43-25-44-80(82)71-32-11-4-12-33-71)100-61-67(60-99(105)103(100)104)66-107-93-48-17-13-37-83(93)84-38-14-18-49-94(84)107/h1-55,60-65H,56-59,66H2. The Morgan fingerprint density at radius 1 is 0.250 bits per heavy atom. The number of rotatable bonds is 14. The Hall–Kier alpha value is -13.5. The third kappa shape index (κ3) is 9.85. The summed E-state index contributed by atoms with van der Waals surface area (Å²) in [5, 5.41) is 15.4. The predicted octanol–water partition coefficient (Wildman–Crippen LogP) is 24.2. The average molecular weight is 1380 g/mol. The van der Waals surface area contributed by atoms with Gasteiger partial charge in [-0.15, -0.1) is 0 Å². The molecule has 0 spiro atoms. The van der Waals surface area contributed by atoms with E-state index in [-0.39, 0.29) is 6.71 Å². The van der Waals surface area contributed by atoms with Crippen molar-refractivity contribution >= 4 is 133 Å². The number of hydrogen-bond donors (Lipinski definition) is 0. The molecule has 0 aliphatic carbocycles. The normalized spacial score (nSPS) is 12.6. The minimum absolute atomic E-state index is 0.166. The Labute approximate surface area is 627 Å². The monoisotopic (exact) mass is 1370 g/mol. The van der Waals surface area contributed by atoms with Gasteiger partial charge >= 0.3 is 0 Å². The van der Waals surface area contributed by atoms with Gasteiger partial charge in [-0.1, -0.05) is 303 Å². The summed E-state index contributed by atoms with van der Waals surface area (Å²) in [6.07, 6.45) is 1.54. The van der Waals surface area contributed by atoms with Crippen LogP contribution >= 0.6 is 0 Å². The van der Waals surface area contributed by atoms with Crippen LogP contribution in [0.15, 0.2) is 370 Å². The van der Waals surface area contributed by atoms with Gasteiger partial charge in [-0.3, -0.25) is 0 Å². The van der Waals surface area contributed by atoms with Crippen LogP contribution in [0.5, 0.6) is 0 Å². The van der Waals surface area contributed by atoms with Crippen LogP contribution in [0.1, 0.15) is 16.7 Å². The largest absolute Gasteiger partial charge is 0.342 e. The summed E-state index contributed by atoms with van der Waals surface area (Å²) >= 11 is 0. The van der Waals surface area contributed by atoms with E-state index >= 15 is 0 Å². The molecule has 0 fully saturated rings. The van der Waals surface area contributed by atoms with Crippen LogP contribution in [-0.2, 0) is 19.4 Å². The Balaban J connectivity index is 0.821. The van der Waals surface area contributed by atoms with Crippen LogP contribution in [0.3, 0.4) is 0 Å². The third-order valence-corrected chi connectivity index (χ3v) is 23.8. The van der Waals surface area contributed by atoms with Crippen molar-refractivity contribution in [2.75, 3.05) is 22.9 Å². The van der Waals surface area contributed by atoms with Gasteiger partial charge in [0.25, 0.3) is 6.71 Å². The van der Waals surface area contributed by atoms with Gasteiger partial charge in [0.2, 0.25) is 0 Å². The number of fused-ring (bicyclic) bond motifs is 12. The van der Waals surface area contributed by atoms with Gasteiger partial charge in [-0.05, 0) is 211 Å². The summed E-state index contributed by atoms with van der Waals surface area (Å²) in [6.45, 7) is 1.90. The third-order valence-electron chi connectivity index (χ3n) is 23.8. The summed E-state index contributed by atoms with van der Waals surface area (Å²) in [4.78, 5) is 5.52. The molecule has 4 heterocycles. The van der Waals surface area contributed by atoms with E-state index in [1.807, 2.05) is 0 Å². The quantitative estimate of drug-likeness (QED) is 0.0613. The van der Waals surface area contributed by atoms with E-state index in [1.165, 1.54) is 198 Å². The van der Waals surface area contributed by atoms with Crippen molar-refractivity contribution in [1.29, 1.82) is 0 Å². The second kappa shape index (κ2) is 25.1. The molecule has 0 radical (unpaired) electrons. The average Bonchev–Trinajstić information content (AvgIpc) is 0.780. The lowest BCUT2D eigenvalue weighted by molar-refractivity contribution is 0.860. The maximum absolute atomic E-state index is 2.77. The van der Waals surface area contributed by atoms with Gasteiger partial charge in [0.15, 0.2) is 0 Å². The lowest BCUT2D eigenvalue weighted by Crippen LogP contribution is -2.62. The van der Waals surface area contributed by atoms with Gasteiger partial charge < -0.3 is 18.9 Å². The summed E-state index contributed by atoms with van der Waals surface area (Å²) in [7, 11) is 0. The van der Waals surface area contributed by atoms with Gasteiger partial charge in [0.1, 0.15) is 0 Å². The molecular formula is C103H71BN4. The summed E-state index contributed by atoms with van der Waals surface area (Å²) < 4.78 is 5.10. The topological polar surface area (TPSA) is 16.3 Å². The van der Waals surface area contributed by atoms with Crippen molar-refractivity contribution in [2.24, 2.45) is 0 Å². The maximum Gasteiger partial charge on any atom is 0.252 e. The highest BCUT2D eigenvalue weighted by molar-refractivity contribution is 7.00. The second-order valence-electron chi connectivity index (χ2n) is 29.6. The molecule has 0 saturated heterocycles. The van der Waals surface area contributed by atoms with Crippen LogP contribution < -0.4 is 26.2 Å². The number of hydrogen-bond acceptors (Lipinski definition) is 2. The fourth-order valence-electron chi connectivity index (χ4n) is 19.2. The van der Waals surface area contributed by atoms with Gasteiger partial charge in [0, 0.05) is 80.6 Å². The molecule has 5 heteroatoms. The molecule has 0 unspecified atom stereocenters. The van der Waals surface area contributed by atoms with E-state index in [9.17, 15) is 0 Å². The van der Waals surface area contributed by atoms with Crippen molar-refractivity contribution < 1.29 is 0 Å². The van der Waals surface area contributed by atoms with E-state index < -0.39 is 0 Å². The number of aromatic nitrogens is 2. The lowest BCUT2D eigenvalue weighted by Gasteiger charge is -2.45. The summed E-state index contributed by atoms with van der Waals surface area (Å²) in [5.74, 6) is 0. The van der Waals surface area contributed by atoms with Crippen molar-refractivity contribution in [1.82, 2.24) is 9.13 Å². The van der Waals surface area contributed by atoms with E-state index in [2.05, 4.69) is 389 Å². The minimum Gasteiger partial charge on any atom is -0.342 e.